The van der Waals surface area contributed by atoms with Crippen LogP contribution in [0.25, 0.3) is 0 Å². The van der Waals surface area contributed by atoms with Crippen molar-refractivity contribution in [2.75, 3.05) is 40.0 Å². The van der Waals surface area contributed by atoms with Gasteiger partial charge in [-0.2, -0.15) is 0 Å². The van der Waals surface area contributed by atoms with Crippen LogP contribution in [0.15, 0.2) is 0 Å². The number of ether oxygens (including phenoxy) is 2. The van der Waals surface area contributed by atoms with Gasteiger partial charge in [0.25, 0.3) is 0 Å². The van der Waals surface area contributed by atoms with Gasteiger partial charge in [0.15, 0.2) is 0 Å². The highest BCUT2D eigenvalue weighted by Crippen LogP contribution is 2.28. The largest absolute Gasteiger partial charge is 0.481 e. The summed E-state index contributed by atoms with van der Waals surface area (Å²) in [4.78, 5) is 22.4. The first-order valence-corrected chi connectivity index (χ1v) is 7.44. The predicted molar refractivity (Wildman–Crippen MR) is 77.2 cm³/mol. The van der Waals surface area contributed by atoms with Gasteiger partial charge in [-0.3, -0.25) is 4.79 Å². The molecule has 0 spiro atoms. The van der Waals surface area contributed by atoms with Crippen molar-refractivity contribution in [1.82, 2.24) is 10.6 Å². The average Bonchev–Trinajstić information content (AvgIpc) is 2.49. The quantitative estimate of drug-likeness (QED) is 0.548. The van der Waals surface area contributed by atoms with Crippen LogP contribution in [0.4, 0.5) is 4.79 Å². The normalized spacial score (nSPS) is 21.8. The molecule has 21 heavy (non-hydrogen) atoms. The van der Waals surface area contributed by atoms with E-state index in [-0.39, 0.29) is 11.9 Å². The molecule has 0 aromatic carbocycles. The first-order chi connectivity index (χ1) is 10.1. The minimum absolute atomic E-state index is 0.203. The van der Waals surface area contributed by atoms with Gasteiger partial charge in [0.1, 0.15) is 0 Å². The predicted octanol–water partition coefficient (Wildman–Crippen LogP) is 0.840. The number of methoxy groups -OCH3 is 1. The van der Waals surface area contributed by atoms with Gasteiger partial charge >= 0.3 is 12.0 Å². The van der Waals surface area contributed by atoms with Crippen LogP contribution in [-0.2, 0) is 14.3 Å². The van der Waals surface area contributed by atoms with Crippen molar-refractivity contribution in [3.63, 3.8) is 0 Å². The topological polar surface area (TPSA) is 96.9 Å². The summed E-state index contributed by atoms with van der Waals surface area (Å²) in [6, 6.07) is -0.203. The summed E-state index contributed by atoms with van der Waals surface area (Å²) in [6.07, 6.45) is 3.13. The molecule has 0 aliphatic heterocycles. The minimum Gasteiger partial charge on any atom is -0.481 e. The van der Waals surface area contributed by atoms with Crippen LogP contribution < -0.4 is 10.6 Å². The molecule has 1 rings (SSSR count). The number of carbonyl (C=O) groups is 2. The van der Waals surface area contributed by atoms with E-state index < -0.39 is 5.97 Å². The standard InChI is InChI=1S/C14H26N2O5/c1-20-8-9-21-7-6-15-14(19)16-10-11-2-4-12(5-3-11)13(17)18/h11-12H,2-10H2,1H3,(H,17,18)(H2,15,16,19). The van der Waals surface area contributed by atoms with Gasteiger partial charge in [0.05, 0.1) is 25.7 Å². The van der Waals surface area contributed by atoms with Crippen LogP contribution in [0.1, 0.15) is 25.7 Å². The van der Waals surface area contributed by atoms with Crippen LogP contribution >= 0.6 is 0 Å². The summed E-state index contributed by atoms with van der Waals surface area (Å²) in [5.74, 6) is -0.531. The third kappa shape index (κ3) is 7.87. The molecule has 0 atom stereocenters. The summed E-state index contributed by atoms with van der Waals surface area (Å²) in [7, 11) is 1.61. The first-order valence-electron chi connectivity index (χ1n) is 7.44. The lowest BCUT2D eigenvalue weighted by Gasteiger charge is -2.26. The molecule has 1 aliphatic rings. The zero-order chi connectivity index (χ0) is 15.5. The first kappa shape index (κ1) is 17.7. The maximum atomic E-state index is 11.6. The SMILES string of the molecule is COCCOCCNC(=O)NCC1CCC(C(=O)O)CC1. The third-order valence-corrected chi connectivity index (χ3v) is 3.71. The molecule has 1 fully saturated rings. The molecule has 7 heteroatoms. The summed E-state index contributed by atoms with van der Waals surface area (Å²) in [5.41, 5.74) is 0. The van der Waals surface area contributed by atoms with Gasteiger partial charge < -0.3 is 25.2 Å². The van der Waals surface area contributed by atoms with E-state index in [0.29, 0.717) is 51.7 Å². The van der Waals surface area contributed by atoms with Crippen LogP contribution in [0.3, 0.4) is 0 Å². The second-order valence-corrected chi connectivity index (χ2v) is 5.30. The van der Waals surface area contributed by atoms with E-state index >= 15 is 0 Å². The smallest absolute Gasteiger partial charge is 0.314 e. The zero-order valence-corrected chi connectivity index (χ0v) is 12.6. The number of urea groups is 1. The molecule has 0 saturated heterocycles. The monoisotopic (exact) mass is 302 g/mol. The van der Waals surface area contributed by atoms with Crippen LogP contribution in [0, 0.1) is 11.8 Å². The Morgan fingerprint density at radius 2 is 1.81 bits per heavy atom. The van der Waals surface area contributed by atoms with E-state index in [4.69, 9.17) is 14.6 Å². The fourth-order valence-electron chi connectivity index (χ4n) is 2.39. The Hall–Kier alpha value is -1.34. The van der Waals surface area contributed by atoms with Crippen molar-refractivity contribution >= 4 is 12.0 Å². The Morgan fingerprint density at radius 1 is 1.10 bits per heavy atom. The molecule has 2 amide bonds. The summed E-state index contributed by atoms with van der Waals surface area (Å²) in [5, 5.41) is 14.5. The molecule has 7 nitrogen and oxygen atoms in total. The van der Waals surface area contributed by atoms with E-state index in [1.807, 2.05) is 0 Å². The van der Waals surface area contributed by atoms with Gasteiger partial charge in [-0.05, 0) is 31.6 Å². The molecular weight excluding hydrogens is 276 g/mol. The number of rotatable bonds is 9. The van der Waals surface area contributed by atoms with Crippen LogP contribution in [0.5, 0.6) is 0 Å². The number of nitrogens with one attached hydrogen (secondary N) is 2. The Labute approximate surface area is 125 Å². The Bertz CT molecular complexity index is 316. The number of aliphatic carboxylic acids is 1. The molecule has 0 radical (unpaired) electrons. The van der Waals surface area contributed by atoms with E-state index in [2.05, 4.69) is 10.6 Å². The molecule has 0 bridgehead atoms. The summed E-state index contributed by atoms with van der Waals surface area (Å²) in [6.45, 7) is 2.59. The minimum atomic E-state index is -0.701. The maximum Gasteiger partial charge on any atom is 0.314 e. The van der Waals surface area contributed by atoms with Gasteiger partial charge in [-0.25, -0.2) is 4.79 Å². The third-order valence-electron chi connectivity index (χ3n) is 3.71. The fraction of sp³-hybridized carbons (Fsp3) is 0.857. The number of carboxylic acids is 1. The van der Waals surface area contributed by atoms with Crippen molar-refractivity contribution in [2.45, 2.75) is 25.7 Å². The van der Waals surface area contributed by atoms with E-state index in [1.165, 1.54) is 0 Å². The molecule has 0 unspecified atom stereocenters. The highest BCUT2D eigenvalue weighted by Gasteiger charge is 2.25. The van der Waals surface area contributed by atoms with Crippen LogP contribution in [0.2, 0.25) is 0 Å². The lowest BCUT2D eigenvalue weighted by molar-refractivity contribution is -0.143. The van der Waals surface area contributed by atoms with Crippen molar-refractivity contribution in [1.29, 1.82) is 0 Å². The maximum absolute atomic E-state index is 11.6. The van der Waals surface area contributed by atoms with Crippen molar-refractivity contribution in [3.8, 4) is 0 Å². The molecule has 122 valence electrons. The van der Waals surface area contributed by atoms with E-state index in [1.54, 1.807) is 7.11 Å². The lowest BCUT2D eigenvalue weighted by Crippen LogP contribution is -2.40. The van der Waals surface area contributed by atoms with Gasteiger partial charge in [-0.1, -0.05) is 0 Å². The second kappa shape index (κ2) is 10.4. The van der Waals surface area contributed by atoms with Crippen molar-refractivity contribution < 1.29 is 24.2 Å². The Balaban J connectivity index is 1.99. The summed E-state index contributed by atoms with van der Waals surface area (Å²) < 4.78 is 10.1. The van der Waals surface area contributed by atoms with Crippen molar-refractivity contribution in [2.24, 2.45) is 11.8 Å². The molecule has 0 aromatic heterocycles. The number of carboxylic acid groups (broad SMARTS) is 1. The number of amides is 2. The molecule has 1 aliphatic carbocycles. The molecular formula is C14H26N2O5. The molecule has 0 heterocycles. The number of hydrogen-bond donors (Lipinski definition) is 3. The molecule has 3 N–H and O–H groups in total. The fourth-order valence-corrected chi connectivity index (χ4v) is 2.39. The summed E-state index contributed by atoms with van der Waals surface area (Å²) >= 11 is 0. The Kier molecular flexibility index (Phi) is 8.77. The second-order valence-electron chi connectivity index (χ2n) is 5.30. The number of carbonyl (C=O) groups excluding carboxylic acids is 1. The van der Waals surface area contributed by atoms with E-state index in [0.717, 1.165) is 12.8 Å². The molecule has 1 saturated carbocycles. The number of hydrogen-bond acceptors (Lipinski definition) is 4. The average molecular weight is 302 g/mol. The highest BCUT2D eigenvalue weighted by molar-refractivity contribution is 5.73. The molecule has 0 aromatic rings. The van der Waals surface area contributed by atoms with Crippen LogP contribution in [-0.4, -0.2) is 57.1 Å². The van der Waals surface area contributed by atoms with Gasteiger partial charge in [-0.15, -0.1) is 0 Å². The lowest BCUT2D eigenvalue weighted by atomic mass is 9.82. The van der Waals surface area contributed by atoms with Gasteiger partial charge in [0.2, 0.25) is 0 Å². The Morgan fingerprint density at radius 3 is 2.43 bits per heavy atom. The zero-order valence-electron chi connectivity index (χ0n) is 12.6. The van der Waals surface area contributed by atoms with Crippen molar-refractivity contribution in [3.05, 3.63) is 0 Å². The highest BCUT2D eigenvalue weighted by atomic mass is 16.5. The van der Waals surface area contributed by atoms with E-state index in [9.17, 15) is 9.59 Å². The van der Waals surface area contributed by atoms with Gasteiger partial charge in [0, 0.05) is 20.2 Å².